The van der Waals surface area contributed by atoms with Crippen LogP contribution in [0.4, 0.5) is 23.2 Å². The van der Waals surface area contributed by atoms with Gasteiger partial charge in [0.05, 0.1) is 18.0 Å². The molecule has 2 unspecified atom stereocenters. The number of nitrogens with zero attached hydrogens (tertiary/aromatic N) is 3. The number of hydrogen-bond acceptors (Lipinski definition) is 6. The summed E-state index contributed by atoms with van der Waals surface area (Å²) in [6.07, 6.45) is -6.72. The van der Waals surface area contributed by atoms with E-state index in [1.807, 2.05) is 0 Å². The van der Waals surface area contributed by atoms with Gasteiger partial charge >= 0.3 is 12.4 Å². The Morgan fingerprint density at radius 3 is 2.78 bits per heavy atom. The van der Waals surface area contributed by atoms with Gasteiger partial charge in [0, 0.05) is 6.54 Å². The molecular weight excluding hydrogens is 394 g/mol. The standard InChI is InChI=1S/C15H17F4N3O4S/c1-2-27(23,24)21-7-6-10(8-21)25-12-5-3-4-11(13(12)16)22-9-20-26-14(22)15(17,18)19/h3-5,9-10,14H,2,6-8H2,1H3. The molecule has 0 amide bonds. The zero-order chi connectivity index (χ0) is 19.8. The smallest absolute Gasteiger partial charge is 0.448 e. The minimum Gasteiger partial charge on any atom is -0.486 e. The van der Waals surface area contributed by atoms with Gasteiger partial charge in [0.15, 0.2) is 11.6 Å². The minimum atomic E-state index is -4.78. The molecular formula is C15H17F4N3O4S. The summed E-state index contributed by atoms with van der Waals surface area (Å²) >= 11 is 0. The maximum absolute atomic E-state index is 14.8. The molecule has 150 valence electrons. The third-order valence-electron chi connectivity index (χ3n) is 4.25. The number of oxime groups is 1. The third kappa shape index (κ3) is 3.95. The quantitative estimate of drug-likeness (QED) is 0.696. The highest BCUT2D eigenvalue weighted by Crippen LogP contribution is 2.36. The fourth-order valence-electron chi connectivity index (χ4n) is 2.85. The van der Waals surface area contributed by atoms with Crippen LogP contribution in [0.15, 0.2) is 23.4 Å². The second-order valence-corrected chi connectivity index (χ2v) is 8.26. The zero-order valence-electron chi connectivity index (χ0n) is 14.2. The first-order chi connectivity index (χ1) is 12.6. The number of rotatable bonds is 5. The Hall–Kier alpha value is -2.08. The van der Waals surface area contributed by atoms with Crippen molar-refractivity contribution in [3.8, 4) is 5.75 Å². The van der Waals surface area contributed by atoms with E-state index in [0.29, 0.717) is 11.3 Å². The molecule has 12 heteroatoms. The highest BCUT2D eigenvalue weighted by Gasteiger charge is 2.49. The first-order valence-corrected chi connectivity index (χ1v) is 9.71. The summed E-state index contributed by atoms with van der Waals surface area (Å²) in [7, 11) is -3.39. The van der Waals surface area contributed by atoms with Crippen LogP contribution in [0.5, 0.6) is 5.75 Å². The Labute approximate surface area is 153 Å². The number of halogens is 4. The summed E-state index contributed by atoms with van der Waals surface area (Å²) < 4.78 is 84.2. The van der Waals surface area contributed by atoms with Crippen LogP contribution in [0.25, 0.3) is 0 Å². The topological polar surface area (TPSA) is 71.4 Å². The summed E-state index contributed by atoms with van der Waals surface area (Å²) in [6.45, 7) is 1.81. The lowest BCUT2D eigenvalue weighted by atomic mass is 10.2. The predicted octanol–water partition coefficient (Wildman–Crippen LogP) is 2.30. The summed E-state index contributed by atoms with van der Waals surface area (Å²) in [4.78, 5) is 4.78. The van der Waals surface area contributed by atoms with Gasteiger partial charge in [-0.2, -0.15) is 17.5 Å². The first-order valence-electron chi connectivity index (χ1n) is 8.11. The largest absolute Gasteiger partial charge is 0.486 e. The Kier molecular flexibility index (Phi) is 5.21. The number of benzene rings is 1. The van der Waals surface area contributed by atoms with Crippen molar-refractivity contribution in [3.05, 3.63) is 24.0 Å². The fourth-order valence-corrected chi connectivity index (χ4v) is 3.99. The van der Waals surface area contributed by atoms with E-state index in [0.717, 1.165) is 12.4 Å². The molecule has 0 aliphatic carbocycles. The number of ether oxygens (including phenoxy) is 1. The normalized spacial score (nSPS) is 23.7. The third-order valence-corrected chi connectivity index (χ3v) is 6.09. The molecule has 2 aliphatic heterocycles. The van der Waals surface area contributed by atoms with E-state index >= 15 is 0 Å². The van der Waals surface area contributed by atoms with Crippen LogP contribution >= 0.6 is 0 Å². The summed E-state index contributed by atoms with van der Waals surface area (Å²) in [5.41, 5.74) is -0.410. The Balaban J connectivity index is 1.78. The van der Waals surface area contributed by atoms with Crippen molar-refractivity contribution in [1.82, 2.24) is 4.31 Å². The molecule has 3 rings (SSSR count). The molecule has 1 aromatic carbocycles. The van der Waals surface area contributed by atoms with E-state index < -0.39 is 40.0 Å². The monoisotopic (exact) mass is 411 g/mol. The molecule has 1 fully saturated rings. The van der Waals surface area contributed by atoms with Gasteiger partial charge in [-0.05, 0) is 25.5 Å². The highest BCUT2D eigenvalue weighted by molar-refractivity contribution is 7.89. The van der Waals surface area contributed by atoms with E-state index in [9.17, 15) is 26.0 Å². The molecule has 1 saturated heterocycles. The van der Waals surface area contributed by atoms with Crippen molar-refractivity contribution in [2.24, 2.45) is 5.16 Å². The second-order valence-electron chi connectivity index (χ2n) is 6.00. The van der Waals surface area contributed by atoms with Gasteiger partial charge in [0.1, 0.15) is 12.4 Å². The Bertz CT molecular complexity index is 831. The van der Waals surface area contributed by atoms with Crippen molar-refractivity contribution in [1.29, 1.82) is 0 Å². The first kappa shape index (κ1) is 19.7. The van der Waals surface area contributed by atoms with Gasteiger partial charge in [-0.3, -0.25) is 4.90 Å². The van der Waals surface area contributed by atoms with Crippen LogP contribution < -0.4 is 9.64 Å². The molecule has 0 bridgehead atoms. The van der Waals surface area contributed by atoms with Crippen molar-refractivity contribution < 1.29 is 35.6 Å². The van der Waals surface area contributed by atoms with Gasteiger partial charge in [0.2, 0.25) is 10.0 Å². The number of hydrogen-bond donors (Lipinski definition) is 0. The van der Waals surface area contributed by atoms with Crippen molar-refractivity contribution in [3.63, 3.8) is 0 Å². The maximum Gasteiger partial charge on any atom is 0.448 e. The van der Waals surface area contributed by atoms with Gasteiger partial charge in [-0.25, -0.2) is 12.8 Å². The average Bonchev–Trinajstić information content (AvgIpc) is 3.26. The molecule has 0 radical (unpaired) electrons. The summed E-state index contributed by atoms with van der Waals surface area (Å²) in [5, 5.41) is 3.11. The molecule has 1 aromatic rings. The van der Waals surface area contributed by atoms with Gasteiger partial charge < -0.3 is 9.57 Å². The molecule has 0 N–H and O–H groups in total. The van der Waals surface area contributed by atoms with Crippen LogP contribution in [-0.2, 0) is 14.9 Å². The number of sulfonamides is 1. The maximum atomic E-state index is 14.8. The van der Waals surface area contributed by atoms with E-state index in [1.165, 1.54) is 23.4 Å². The second kappa shape index (κ2) is 7.15. The van der Waals surface area contributed by atoms with Crippen LogP contribution in [0.1, 0.15) is 13.3 Å². The van der Waals surface area contributed by atoms with Crippen LogP contribution in [0, 0.1) is 5.82 Å². The fraction of sp³-hybridized carbons (Fsp3) is 0.533. The molecule has 0 saturated carbocycles. The lowest BCUT2D eigenvalue weighted by Gasteiger charge is -2.25. The molecule has 2 heterocycles. The Morgan fingerprint density at radius 2 is 2.11 bits per heavy atom. The van der Waals surface area contributed by atoms with E-state index in [-0.39, 0.29) is 24.6 Å². The molecule has 0 aromatic heterocycles. The predicted molar refractivity (Wildman–Crippen MR) is 88.4 cm³/mol. The van der Waals surface area contributed by atoms with Crippen LogP contribution in [-0.4, -0.2) is 56.4 Å². The average molecular weight is 411 g/mol. The molecule has 0 spiro atoms. The minimum absolute atomic E-state index is 0.0549. The van der Waals surface area contributed by atoms with Crippen molar-refractivity contribution in [2.75, 3.05) is 23.7 Å². The van der Waals surface area contributed by atoms with Gasteiger partial charge in [-0.1, -0.05) is 11.2 Å². The van der Waals surface area contributed by atoms with Crippen molar-refractivity contribution >= 4 is 22.0 Å². The SMILES string of the molecule is CCS(=O)(=O)N1CCC(Oc2cccc(N3C=NOC3C(F)(F)F)c2F)C1. The molecule has 2 atom stereocenters. The summed E-state index contributed by atoms with van der Waals surface area (Å²) in [5.74, 6) is -1.34. The number of anilines is 1. The zero-order valence-corrected chi connectivity index (χ0v) is 15.0. The van der Waals surface area contributed by atoms with E-state index in [2.05, 4.69) is 9.99 Å². The highest BCUT2D eigenvalue weighted by atomic mass is 32.2. The summed E-state index contributed by atoms with van der Waals surface area (Å²) in [6, 6.07) is 3.75. The van der Waals surface area contributed by atoms with Crippen molar-refractivity contribution in [2.45, 2.75) is 31.9 Å². The van der Waals surface area contributed by atoms with Gasteiger partial charge in [-0.15, -0.1) is 0 Å². The van der Waals surface area contributed by atoms with Gasteiger partial charge in [0.25, 0.3) is 0 Å². The van der Waals surface area contributed by atoms with E-state index in [4.69, 9.17) is 4.74 Å². The number of alkyl halides is 3. The lowest BCUT2D eigenvalue weighted by Crippen LogP contribution is -2.43. The lowest BCUT2D eigenvalue weighted by molar-refractivity contribution is -0.211. The Morgan fingerprint density at radius 1 is 1.37 bits per heavy atom. The van der Waals surface area contributed by atoms with E-state index in [1.54, 1.807) is 0 Å². The van der Waals surface area contributed by atoms with Crippen LogP contribution in [0.2, 0.25) is 0 Å². The molecule has 2 aliphatic rings. The molecule has 27 heavy (non-hydrogen) atoms. The molecule has 7 nitrogen and oxygen atoms in total. The van der Waals surface area contributed by atoms with Crippen LogP contribution in [0.3, 0.4) is 0 Å².